The molecule has 37 heavy (non-hydrogen) atoms. The molecule has 0 aliphatic carbocycles. The van der Waals surface area contributed by atoms with Gasteiger partial charge in [-0.3, -0.25) is 9.78 Å². The Balaban J connectivity index is 1.22. The van der Waals surface area contributed by atoms with E-state index in [0.29, 0.717) is 5.56 Å². The number of anilines is 6. The molecule has 2 aromatic heterocycles. The summed E-state index contributed by atoms with van der Waals surface area (Å²) in [5.41, 5.74) is 7.16. The number of hydrogen-bond acceptors (Lipinski definition) is 5. The van der Waals surface area contributed by atoms with Gasteiger partial charge in [0.1, 0.15) is 7.05 Å². The maximum atomic E-state index is 12.8. The van der Waals surface area contributed by atoms with Crippen LogP contribution < -0.4 is 25.4 Å². The molecule has 0 saturated heterocycles. The molecular weight excluding hydrogens is 460 g/mol. The molecule has 0 bridgehead atoms. The van der Waals surface area contributed by atoms with Crippen molar-refractivity contribution in [2.45, 2.75) is 0 Å². The van der Waals surface area contributed by atoms with Crippen molar-refractivity contribution in [3.05, 3.63) is 109 Å². The zero-order chi connectivity index (χ0) is 25.8. The molecule has 2 heterocycles. The number of carbonyl (C=O) groups excluding carboxylic acids is 1. The number of nitrogens with one attached hydrogen (secondary N) is 3. The summed E-state index contributed by atoms with van der Waals surface area (Å²) in [6.45, 7) is 0. The fourth-order valence-corrected chi connectivity index (χ4v) is 3.98. The van der Waals surface area contributed by atoms with E-state index < -0.39 is 0 Å². The van der Waals surface area contributed by atoms with Gasteiger partial charge in [0.05, 0.1) is 11.2 Å². The topological polar surface area (TPSA) is 73.2 Å². The molecule has 3 N–H and O–H groups in total. The fourth-order valence-electron chi connectivity index (χ4n) is 3.98. The van der Waals surface area contributed by atoms with Crippen molar-refractivity contribution in [1.82, 2.24) is 4.98 Å². The van der Waals surface area contributed by atoms with E-state index in [4.69, 9.17) is 0 Å². The normalized spacial score (nSPS) is 10.7. The molecule has 0 atom stereocenters. The Bertz CT molecular complexity index is 1530. The van der Waals surface area contributed by atoms with Crippen LogP contribution in [0, 0.1) is 0 Å². The molecule has 0 radical (unpaired) electrons. The van der Waals surface area contributed by atoms with Gasteiger partial charge in [-0.05, 0) is 72.8 Å². The third-order valence-corrected chi connectivity index (χ3v) is 6.08. The second-order valence-corrected chi connectivity index (χ2v) is 9.07. The van der Waals surface area contributed by atoms with Gasteiger partial charge in [-0.25, -0.2) is 4.57 Å². The molecule has 7 heteroatoms. The predicted octanol–water partition coefficient (Wildman–Crippen LogP) is 5.86. The summed E-state index contributed by atoms with van der Waals surface area (Å²) in [5, 5.41) is 10.8. The zero-order valence-electron chi connectivity index (χ0n) is 21.1. The van der Waals surface area contributed by atoms with Crippen molar-refractivity contribution in [3.63, 3.8) is 0 Å². The number of carbonyl (C=O) groups is 1. The number of pyridine rings is 2. The number of benzene rings is 3. The average Bonchev–Trinajstić information content (AvgIpc) is 2.91. The lowest BCUT2D eigenvalue weighted by molar-refractivity contribution is -0.671. The largest absolute Gasteiger partial charge is 0.378 e. The van der Waals surface area contributed by atoms with E-state index in [9.17, 15) is 4.79 Å². The highest BCUT2D eigenvalue weighted by atomic mass is 16.1. The van der Waals surface area contributed by atoms with Crippen LogP contribution in [0.25, 0.3) is 10.9 Å². The predicted molar refractivity (Wildman–Crippen MR) is 151 cm³/mol. The van der Waals surface area contributed by atoms with Crippen LogP contribution >= 0.6 is 0 Å². The first-order valence-corrected chi connectivity index (χ1v) is 12.0. The van der Waals surface area contributed by atoms with Gasteiger partial charge in [0.2, 0.25) is 0 Å². The minimum Gasteiger partial charge on any atom is -0.378 e. The third kappa shape index (κ3) is 5.67. The summed E-state index contributed by atoms with van der Waals surface area (Å²) >= 11 is 0. The first-order chi connectivity index (χ1) is 17.9. The van der Waals surface area contributed by atoms with E-state index in [2.05, 4.69) is 44.0 Å². The molecule has 3 aromatic carbocycles. The van der Waals surface area contributed by atoms with Crippen LogP contribution in [0.4, 0.5) is 34.1 Å². The Morgan fingerprint density at radius 1 is 0.757 bits per heavy atom. The van der Waals surface area contributed by atoms with E-state index in [1.165, 1.54) is 0 Å². The zero-order valence-corrected chi connectivity index (χ0v) is 21.1. The monoisotopic (exact) mass is 489 g/mol. The average molecular weight is 490 g/mol. The van der Waals surface area contributed by atoms with E-state index in [1.807, 2.05) is 105 Å². The number of aryl methyl sites for hydroxylation is 1. The Morgan fingerprint density at radius 3 is 2.08 bits per heavy atom. The van der Waals surface area contributed by atoms with Crippen molar-refractivity contribution in [1.29, 1.82) is 0 Å². The van der Waals surface area contributed by atoms with Crippen LogP contribution in [0.15, 0.2) is 104 Å². The molecule has 184 valence electrons. The lowest BCUT2D eigenvalue weighted by Crippen LogP contribution is -2.25. The van der Waals surface area contributed by atoms with Gasteiger partial charge in [-0.15, -0.1) is 0 Å². The number of aromatic nitrogens is 2. The van der Waals surface area contributed by atoms with Gasteiger partial charge >= 0.3 is 0 Å². The molecular formula is C30H29N6O+. The van der Waals surface area contributed by atoms with Crippen LogP contribution in [0.2, 0.25) is 0 Å². The molecule has 0 saturated carbocycles. The number of rotatable bonds is 7. The first-order valence-electron chi connectivity index (χ1n) is 12.0. The van der Waals surface area contributed by atoms with Crippen molar-refractivity contribution in [2.24, 2.45) is 7.05 Å². The highest BCUT2D eigenvalue weighted by Crippen LogP contribution is 2.28. The van der Waals surface area contributed by atoms with Crippen LogP contribution in [-0.2, 0) is 7.05 Å². The molecule has 0 unspecified atom stereocenters. The Kier molecular flexibility index (Phi) is 6.68. The van der Waals surface area contributed by atoms with Crippen molar-refractivity contribution in [2.75, 3.05) is 34.9 Å². The smallest absolute Gasteiger partial charge is 0.255 e. The Morgan fingerprint density at radius 2 is 1.38 bits per heavy atom. The summed E-state index contributed by atoms with van der Waals surface area (Å²) in [7, 11) is 6.01. The Labute approximate surface area is 216 Å². The Hall–Kier alpha value is -4.91. The van der Waals surface area contributed by atoms with Gasteiger partial charge in [0.15, 0.2) is 12.4 Å². The lowest BCUT2D eigenvalue weighted by atomic mass is 10.1. The minimum absolute atomic E-state index is 0.157. The molecule has 0 fully saturated rings. The van der Waals surface area contributed by atoms with Gasteiger partial charge in [-0.2, -0.15) is 0 Å². The van der Waals surface area contributed by atoms with Gasteiger partial charge in [0, 0.05) is 71.8 Å². The first kappa shape index (κ1) is 23.8. The highest BCUT2D eigenvalue weighted by molar-refractivity contribution is 6.04. The van der Waals surface area contributed by atoms with Gasteiger partial charge in [-0.1, -0.05) is 0 Å². The quantitative estimate of drug-likeness (QED) is 0.250. The van der Waals surface area contributed by atoms with Crippen molar-refractivity contribution in [3.8, 4) is 0 Å². The van der Waals surface area contributed by atoms with Crippen molar-refractivity contribution >= 4 is 50.9 Å². The second kappa shape index (κ2) is 10.4. The maximum absolute atomic E-state index is 12.8. The molecule has 7 nitrogen and oxygen atoms in total. The molecule has 5 aromatic rings. The highest BCUT2D eigenvalue weighted by Gasteiger charge is 2.08. The van der Waals surface area contributed by atoms with E-state index in [-0.39, 0.29) is 5.91 Å². The number of fused-ring (bicyclic) bond motifs is 1. The summed E-state index contributed by atoms with van der Waals surface area (Å²) in [4.78, 5) is 19.3. The second-order valence-electron chi connectivity index (χ2n) is 9.07. The summed E-state index contributed by atoms with van der Waals surface area (Å²) < 4.78 is 1.98. The number of nitrogens with zero attached hydrogens (tertiary/aromatic N) is 3. The molecule has 5 rings (SSSR count). The minimum atomic E-state index is -0.157. The van der Waals surface area contributed by atoms with E-state index in [0.717, 1.165) is 45.0 Å². The third-order valence-electron chi connectivity index (χ3n) is 6.08. The molecule has 0 aliphatic rings. The molecule has 0 aliphatic heterocycles. The standard InChI is InChI=1S/C30H28N6O/c1-35(2)26-12-13-27-28(14-17-31-29(27)20-26)33-23-8-10-24(11-9-23)34-30(37)21-4-6-22(7-5-21)32-25-15-18-36(3)19-16-25/h4-20H,1-3H3,(H2,31,33,34,37)/p+1. The van der Waals surface area contributed by atoms with Gasteiger partial charge < -0.3 is 20.9 Å². The summed E-state index contributed by atoms with van der Waals surface area (Å²) in [6.07, 6.45) is 5.76. The van der Waals surface area contributed by atoms with Crippen LogP contribution in [0.3, 0.4) is 0 Å². The molecule has 0 spiro atoms. The summed E-state index contributed by atoms with van der Waals surface area (Å²) in [6, 6.07) is 27.3. The van der Waals surface area contributed by atoms with Crippen LogP contribution in [0.1, 0.15) is 10.4 Å². The fraction of sp³-hybridized carbons (Fsp3) is 0.100. The van der Waals surface area contributed by atoms with Crippen molar-refractivity contribution < 1.29 is 9.36 Å². The lowest BCUT2D eigenvalue weighted by Gasteiger charge is -2.15. The van der Waals surface area contributed by atoms with E-state index >= 15 is 0 Å². The van der Waals surface area contributed by atoms with Crippen LogP contribution in [-0.4, -0.2) is 25.0 Å². The van der Waals surface area contributed by atoms with E-state index in [1.54, 1.807) is 6.20 Å². The molecule has 1 amide bonds. The van der Waals surface area contributed by atoms with Crippen LogP contribution in [0.5, 0.6) is 0 Å². The summed E-state index contributed by atoms with van der Waals surface area (Å²) in [5.74, 6) is -0.157. The number of hydrogen-bond donors (Lipinski definition) is 3. The van der Waals surface area contributed by atoms with Gasteiger partial charge in [0.25, 0.3) is 5.91 Å². The maximum Gasteiger partial charge on any atom is 0.255 e. The number of amides is 1. The SMILES string of the molecule is CN(C)c1ccc2c(Nc3ccc(NC(=O)c4ccc(Nc5cc[n+](C)cc5)cc4)cc3)ccnc2c1.